The first kappa shape index (κ1) is 11.5. The molecule has 0 atom stereocenters. The molecule has 15 heavy (non-hydrogen) atoms. The van der Waals surface area contributed by atoms with E-state index >= 15 is 0 Å². The number of aliphatic hydroxyl groups excluding tert-OH is 1. The molecule has 0 saturated carbocycles. The van der Waals surface area contributed by atoms with Gasteiger partial charge in [-0.1, -0.05) is 11.6 Å². The minimum absolute atomic E-state index is 0.185. The number of rotatable bonds is 3. The summed E-state index contributed by atoms with van der Waals surface area (Å²) in [6, 6.07) is 1.50. The predicted molar refractivity (Wildman–Crippen MR) is 54.3 cm³/mol. The van der Waals surface area contributed by atoms with Crippen molar-refractivity contribution >= 4 is 23.6 Å². The molecule has 0 saturated heterocycles. The van der Waals surface area contributed by atoms with Crippen LogP contribution >= 0.6 is 11.6 Å². The molecule has 1 rings (SSSR count). The van der Waals surface area contributed by atoms with Gasteiger partial charge >= 0.3 is 5.97 Å². The lowest BCUT2D eigenvalue weighted by Gasteiger charge is -2.00. The van der Waals surface area contributed by atoms with Gasteiger partial charge in [0.25, 0.3) is 0 Å². The normalized spacial score (nSPS) is 11.2. The van der Waals surface area contributed by atoms with Crippen molar-refractivity contribution in [2.75, 3.05) is 6.61 Å². The first-order valence-electron chi connectivity index (χ1n) is 4.20. The minimum atomic E-state index is -0.820. The van der Waals surface area contributed by atoms with Gasteiger partial charge in [-0.05, 0) is 13.0 Å². The van der Waals surface area contributed by atoms with E-state index in [1.807, 2.05) is 0 Å². The van der Waals surface area contributed by atoms with E-state index < -0.39 is 11.7 Å². The average molecular weight is 229 g/mol. The number of aromatic nitrogens is 2. The molecule has 0 spiro atoms. The van der Waals surface area contributed by atoms with Gasteiger partial charge in [-0.2, -0.15) is 5.10 Å². The van der Waals surface area contributed by atoms with E-state index in [0.717, 1.165) is 6.08 Å². The van der Waals surface area contributed by atoms with Crippen LogP contribution in [0.3, 0.4) is 0 Å². The minimum Gasteiger partial charge on any atom is -0.502 e. The molecule has 0 unspecified atom stereocenters. The molecule has 0 aliphatic carbocycles. The van der Waals surface area contributed by atoms with Crippen LogP contribution in [0.1, 0.15) is 12.6 Å². The molecule has 0 aromatic carbocycles. The Kier molecular flexibility index (Phi) is 4.05. The number of carbonyl (C=O) groups is 1. The first-order valence-corrected chi connectivity index (χ1v) is 4.58. The lowest BCUT2D eigenvalue weighted by Crippen LogP contribution is -2.07. The van der Waals surface area contributed by atoms with Crippen LogP contribution in [0.4, 0.5) is 0 Å². The first-order chi connectivity index (χ1) is 7.15. The van der Waals surface area contributed by atoms with Gasteiger partial charge < -0.3 is 9.84 Å². The highest BCUT2D eigenvalue weighted by Crippen LogP contribution is 2.14. The maximum absolute atomic E-state index is 11.0. The zero-order valence-electron chi connectivity index (χ0n) is 7.98. The van der Waals surface area contributed by atoms with Crippen molar-refractivity contribution in [1.82, 2.24) is 10.2 Å². The van der Waals surface area contributed by atoms with Crippen LogP contribution in [-0.4, -0.2) is 27.9 Å². The summed E-state index contributed by atoms with van der Waals surface area (Å²) in [6.45, 7) is 1.82. The second kappa shape index (κ2) is 5.31. The Morgan fingerprint density at radius 1 is 1.73 bits per heavy atom. The summed E-state index contributed by atoms with van der Waals surface area (Å²) in [5, 5.41) is 16.8. The maximum atomic E-state index is 11.0. The second-order valence-electron chi connectivity index (χ2n) is 2.51. The van der Waals surface area contributed by atoms with E-state index in [0.29, 0.717) is 5.02 Å². The number of nitrogens with zero attached hydrogens (tertiary/aromatic N) is 2. The summed E-state index contributed by atoms with van der Waals surface area (Å²) >= 11 is 5.74. The van der Waals surface area contributed by atoms with Crippen LogP contribution < -0.4 is 0 Å². The SMILES string of the molecule is CCOC(=O)/C(O)=C\c1nnccc1Cl. The maximum Gasteiger partial charge on any atom is 0.373 e. The van der Waals surface area contributed by atoms with E-state index in [-0.39, 0.29) is 12.3 Å². The van der Waals surface area contributed by atoms with Crippen molar-refractivity contribution in [3.05, 3.63) is 28.7 Å². The fraction of sp³-hybridized carbons (Fsp3) is 0.222. The summed E-state index contributed by atoms with van der Waals surface area (Å²) in [5.41, 5.74) is 0.213. The number of aliphatic hydroxyl groups is 1. The van der Waals surface area contributed by atoms with Gasteiger partial charge in [0, 0.05) is 6.08 Å². The Morgan fingerprint density at radius 3 is 3.07 bits per heavy atom. The molecule has 0 aliphatic rings. The van der Waals surface area contributed by atoms with Gasteiger partial charge in [-0.3, -0.25) is 0 Å². The Labute approximate surface area is 91.3 Å². The molecular formula is C9H9ClN2O3. The fourth-order valence-corrected chi connectivity index (χ4v) is 0.967. The van der Waals surface area contributed by atoms with Crippen LogP contribution in [0.5, 0.6) is 0 Å². The molecule has 5 nitrogen and oxygen atoms in total. The number of hydrogen-bond acceptors (Lipinski definition) is 5. The van der Waals surface area contributed by atoms with E-state index in [1.165, 1.54) is 12.3 Å². The monoisotopic (exact) mass is 228 g/mol. The molecule has 0 aliphatic heterocycles. The second-order valence-corrected chi connectivity index (χ2v) is 2.92. The Balaban J connectivity index is 2.88. The topological polar surface area (TPSA) is 72.3 Å². The van der Waals surface area contributed by atoms with Crippen molar-refractivity contribution < 1.29 is 14.6 Å². The average Bonchev–Trinajstić information content (AvgIpc) is 2.21. The Bertz CT molecular complexity index is 393. The van der Waals surface area contributed by atoms with Gasteiger partial charge in [0.05, 0.1) is 17.8 Å². The lowest BCUT2D eigenvalue weighted by molar-refractivity contribution is -0.141. The molecule has 0 amide bonds. The van der Waals surface area contributed by atoms with Crippen molar-refractivity contribution in [3.63, 3.8) is 0 Å². The number of hydrogen-bond donors (Lipinski definition) is 1. The van der Waals surface area contributed by atoms with E-state index in [9.17, 15) is 9.90 Å². The zero-order valence-corrected chi connectivity index (χ0v) is 8.73. The van der Waals surface area contributed by atoms with Crippen molar-refractivity contribution in [2.45, 2.75) is 6.92 Å². The number of esters is 1. The van der Waals surface area contributed by atoms with E-state index in [4.69, 9.17) is 11.6 Å². The van der Waals surface area contributed by atoms with Gasteiger partial charge in [0.2, 0.25) is 5.76 Å². The van der Waals surface area contributed by atoms with Crippen LogP contribution in [0.25, 0.3) is 6.08 Å². The third-order valence-corrected chi connectivity index (χ3v) is 1.78. The van der Waals surface area contributed by atoms with Gasteiger partial charge in [0.15, 0.2) is 0 Å². The van der Waals surface area contributed by atoms with Gasteiger partial charge in [0.1, 0.15) is 5.69 Å². The smallest absolute Gasteiger partial charge is 0.373 e. The summed E-state index contributed by atoms with van der Waals surface area (Å²) in [4.78, 5) is 11.0. The lowest BCUT2D eigenvalue weighted by atomic mass is 10.3. The van der Waals surface area contributed by atoms with Gasteiger partial charge in [-0.25, -0.2) is 4.79 Å². The van der Waals surface area contributed by atoms with E-state index in [1.54, 1.807) is 6.92 Å². The molecular weight excluding hydrogens is 220 g/mol. The van der Waals surface area contributed by atoms with Crippen molar-refractivity contribution in [3.8, 4) is 0 Å². The number of carbonyl (C=O) groups excluding carboxylic acids is 1. The molecule has 1 aromatic heterocycles. The molecule has 1 N–H and O–H groups in total. The molecule has 0 bridgehead atoms. The highest BCUT2D eigenvalue weighted by atomic mass is 35.5. The largest absolute Gasteiger partial charge is 0.502 e. The van der Waals surface area contributed by atoms with Crippen LogP contribution in [0.2, 0.25) is 5.02 Å². The summed E-state index contributed by atoms with van der Waals surface area (Å²) < 4.78 is 4.57. The zero-order chi connectivity index (χ0) is 11.3. The summed E-state index contributed by atoms with van der Waals surface area (Å²) in [7, 11) is 0. The molecule has 0 fully saturated rings. The quantitative estimate of drug-likeness (QED) is 0.483. The Morgan fingerprint density at radius 2 is 2.47 bits per heavy atom. The highest BCUT2D eigenvalue weighted by Gasteiger charge is 2.09. The van der Waals surface area contributed by atoms with Crippen molar-refractivity contribution in [2.24, 2.45) is 0 Å². The molecule has 1 aromatic rings. The number of ether oxygens (including phenoxy) is 1. The number of halogens is 1. The molecule has 80 valence electrons. The standard InChI is InChI=1S/C9H9ClN2O3/c1-2-15-9(14)8(13)5-7-6(10)3-4-11-12-7/h3-5,13H,2H2,1H3/b8-5+. The van der Waals surface area contributed by atoms with Crippen LogP contribution in [-0.2, 0) is 9.53 Å². The Hall–Kier alpha value is -1.62. The fourth-order valence-electron chi connectivity index (χ4n) is 0.819. The van der Waals surface area contributed by atoms with E-state index in [2.05, 4.69) is 14.9 Å². The van der Waals surface area contributed by atoms with Crippen molar-refractivity contribution in [1.29, 1.82) is 0 Å². The molecule has 0 radical (unpaired) electrons. The summed E-state index contributed by atoms with van der Waals surface area (Å²) in [5.74, 6) is -1.38. The third-order valence-electron chi connectivity index (χ3n) is 1.46. The summed E-state index contributed by atoms with van der Waals surface area (Å²) in [6.07, 6.45) is 2.51. The third kappa shape index (κ3) is 3.21. The highest BCUT2D eigenvalue weighted by molar-refractivity contribution is 6.31. The molecule has 6 heteroatoms. The predicted octanol–water partition coefficient (Wildman–Crippen LogP) is 1.59. The van der Waals surface area contributed by atoms with Crippen LogP contribution in [0.15, 0.2) is 18.0 Å². The van der Waals surface area contributed by atoms with Crippen LogP contribution in [0, 0.1) is 0 Å². The molecule has 1 heterocycles. The van der Waals surface area contributed by atoms with Gasteiger partial charge in [-0.15, -0.1) is 5.10 Å².